The van der Waals surface area contributed by atoms with Gasteiger partial charge in [-0.15, -0.1) is 0 Å². The molecule has 98 valence electrons. The number of halogens is 1. The van der Waals surface area contributed by atoms with Crippen LogP contribution < -0.4 is 5.32 Å². The highest BCUT2D eigenvalue weighted by atomic mass is 35.5. The molecular formula is C15H14ClNO2. The molecule has 2 rings (SSSR count). The summed E-state index contributed by atoms with van der Waals surface area (Å²) < 4.78 is 0. The van der Waals surface area contributed by atoms with Crippen molar-refractivity contribution in [1.82, 2.24) is 0 Å². The average Bonchev–Trinajstić information content (AvgIpc) is 2.45. The number of hydrogen-bond acceptors (Lipinski definition) is 3. The van der Waals surface area contributed by atoms with Crippen LogP contribution in [0.25, 0.3) is 0 Å². The van der Waals surface area contributed by atoms with Gasteiger partial charge in [-0.3, -0.25) is 4.79 Å². The maximum atomic E-state index is 12.5. The molecule has 0 spiro atoms. The lowest BCUT2D eigenvalue weighted by atomic mass is 10.0. The quantitative estimate of drug-likeness (QED) is 0.825. The minimum atomic E-state index is -0.133. The topological polar surface area (TPSA) is 49.3 Å². The van der Waals surface area contributed by atoms with Gasteiger partial charge in [0.25, 0.3) is 0 Å². The molecule has 3 nitrogen and oxygen atoms in total. The third-order valence-corrected chi connectivity index (χ3v) is 3.05. The summed E-state index contributed by atoms with van der Waals surface area (Å²) in [5.41, 5.74) is 1.72. The van der Waals surface area contributed by atoms with E-state index in [4.69, 9.17) is 16.7 Å². The Kier molecular flexibility index (Phi) is 4.55. The fraction of sp³-hybridized carbons (Fsp3) is 0.133. The molecule has 2 aromatic carbocycles. The molecule has 2 N–H and O–H groups in total. The molecule has 0 aliphatic heterocycles. The zero-order valence-electron chi connectivity index (χ0n) is 10.3. The van der Waals surface area contributed by atoms with E-state index >= 15 is 0 Å². The third-order valence-electron chi connectivity index (χ3n) is 2.72. The van der Waals surface area contributed by atoms with Gasteiger partial charge in [0.1, 0.15) is 0 Å². The summed E-state index contributed by atoms with van der Waals surface area (Å²) in [4.78, 5) is 12.5. The summed E-state index contributed by atoms with van der Waals surface area (Å²) in [7, 11) is 0. The van der Waals surface area contributed by atoms with Crippen molar-refractivity contribution in [3.05, 3.63) is 64.7 Å². The molecule has 0 aliphatic rings. The predicted molar refractivity (Wildman–Crippen MR) is 76.9 cm³/mol. The lowest BCUT2D eigenvalue weighted by Crippen LogP contribution is -2.11. The Labute approximate surface area is 116 Å². The molecule has 0 bridgehead atoms. The highest BCUT2D eigenvalue weighted by molar-refractivity contribution is 6.35. The normalized spacial score (nSPS) is 10.2. The number of nitrogens with one attached hydrogen (secondary N) is 1. The smallest absolute Gasteiger partial charge is 0.196 e. The molecule has 0 fully saturated rings. The van der Waals surface area contributed by atoms with E-state index in [1.54, 1.807) is 42.5 Å². The molecule has 0 heterocycles. The molecule has 0 saturated carbocycles. The average molecular weight is 276 g/mol. The Bertz CT molecular complexity index is 584. The summed E-state index contributed by atoms with van der Waals surface area (Å²) in [5.74, 6) is -0.133. The van der Waals surface area contributed by atoms with Crippen LogP contribution in [0.15, 0.2) is 48.5 Å². The van der Waals surface area contributed by atoms with Gasteiger partial charge in [0.05, 0.1) is 11.6 Å². The number of anilines is 1. The van der Waals surface area contributed by atoms with E-state index in [0.29, 0.717) is 28.4 Å². The molecule has 0 amide bonds. The van der Waals surface area contributed by atoms with Crippen LogP contribution >= 0.6 is 11.6 Å². The van der Waals surface area contributed by atoms with Crippen molar-refractivity contribution in [2.75, 3.05) is 18.5 Å². The summed E-state index contributed by atoms with van der Waals surface area (Å²) >= 11 is 6.04. The molecular weight excluding hydrogens is 262 g/mol. The number of carbonyl (C=O) groups is 1. The lowest BCUT2D eigenvalue weighted by Gasteiger charge is -2.11. The molecule has 0 aromatic heterocycles. The van der Waals surface area contributed by atoms with Gasteiger partial charge in [0, 0.05) is 23.4 Å². The Morgan fingerprint density at radius 2 is 1.68 bits per heavy atom. The first-order chi connectivity index (χ1) is 9.24. The van der Waals surface area contributed by atoms with Crippen LogP contribution in [0.1, 0.15) is 15.9 Å². The Morgan fingerprint density at radius 3 is 2.37 bits per heavy atom. The third kappa shape index (κ3) is 3.13. The van der Waals surface area contributed by atoms with Crippen molar-refractivity contribution in [1.29, 1.82) is 0 Å². The van der Waals surface area contributed by atoms with Gasteiger partial charge in [-0.2, -0.15) is 0 Å². The number of benzene rings is 2. The van der Waals surface area contributed by atoms with Crippen LogP contribution in [0.3, 0.4) is 0 Å². The van der Waals surface area contributed by atoms with Gasteiger partial charge in [0.2, 0.25) is 0 Å². The van der Waals surface area contributed by atoms with Gasteiger partial charge < -0.3 is 10.4 Å². The number of hydrogen-bond donors (Lipinski definition) is 2. The summed E-state index contributed by atoms with van der Waals surface area (Å²) in [5, 5.41) is 12.3. The summed E-state index contributed by atoms with van der Waals surface area (Å²) in [6.45, 7) is 0.404. The van der Waals surface area contributed by atoms with Gasteiger partial charge in [-0.1, -0.05) is 35.9 Å². The SMILES string of the molecule is O=C(c1ccccc1Cl)c1ccccc1NCCO. The molecule has 0 atom stereocenters. The van der Waals surface area contributed by atoms with E-state index in [0.717, 1.165) is 0 Å². The molecule has 0 aliphatic carbocycles. The number of para-hydroxylation sites is 1. The standard InChI is InChI=1S/C15H14ClNO2/c16-13-7-3-1-5-11(13)15(19)12-6-2-4-8-14(12)17-9-10-18/h1-8,17-18H,9-10H2. The van der Waals surface area contributed by atoms with E-state index in [1.807, 2.05) is 6.07 Å². The van der Waals surface area contributed by atoms with Gasteiger partial charge in [-0.25, -0.2) is 0 Å². The second-order valence-electron chi connectivity index (χ2n) is 4.00. The maximum Gasteiger partial charge on any atom is 0.196 e. The zero-order valence-corrected chi connectivity index (χ0v) is 11.0. The van der Waals surface area contributed by atoms with E-state index in [2.05, 4.69) is 5.32 Å². The monoisotopic (exact) mass is 275 g/mol. The highest BCUT2D eigenvalue weighted by Gasteiger charge is 2.15. The number of carbonyl (C=O) groups excluding carboxylic acids is 1. The predicted octanol–water partition coefficient (Wildman–Crippen LogP) is 2.98. The van der Waals surface area contributed by atoms with Crippen LogP contribution in [0, 0.1) is 0 Å². The van der Waals surface area contributed by atoms with Crippen molar-refractivity contribution in [2.45, 2.75) is 0 Å². The van der Waals surface area contributed by atoms with E-state index in [1.165, 1.54) is 0 Å². The molecule has 0 radical (unpaired) electrons. The fourth-order valence-electron chi connectivity index (χ4n) is 1.82. The van der Waals surface area contributed by atoms with Gasteiger partial charge in [0.15, 0.2) is 5.78 Å². The number of ketones is 1. The maximum absolute atomic E-state index is 12.5. The van der Waals surface area contributed by atoms with Crippen molar-refractivity contribution in [3.8, 4) is 0 Å². The van der Waals surface area contributed by atoms with Crippen molar-refractivity contribution < 1.29 is 9.90 Å². The first-order valence-electron chi connectivity index (χ1n) is 5.97. The first kappa shape index (κ1) is 13.6. The number of rotatable bonds is 5. The Hall–Kier alpha value is -1.84. The molecule has 4 heteroatoms. The van der Waals surface area contributed by atoms with Crippen LogP contribution in [0.4, 0.5) is 5.69 Å². The number of aliphatic hydroxyl groups excluding tert-OH is 1. The molecule has 19 heavy (non-hydrogen) atoms. The van der Waals surface area contributed by atoms with E-state index in [-0.39, 0.29) is 12.4 Å². The fourth-order valence-corrected chi connectivity index (χ4v) is 2.04. The molecule has 2 aromatic rings. The Morgan fingerprint density at radius 1 is 1.05 bits per heavy atom. The minimum Gasteiger partial charge on any atom is -0.395 e. The van der Waals surface area contributed by atoms with E-state index < -0.39 is 0 Å². The minimum absolute atomic E-state index is 0.00855. The zero-order chi connectivity index (χ0) is 13.7. The first-order valence-corrected chi connectivity index (χ1v) is 6.35. The summed E-state index contributed by atoms with van der Waals surface area (Å²) in [6.07, 6.45) is 0. The lowest BCUT2D eigenvalue weighted by molar-refractivity contribution is 0.103. The van der Waals surface area contributed by atoms with Crippen LogP contribution in [0.2, 0.25) is 5.02 Å². The van der Waals surface area contributed by atoms with Crippen LogP contribution in [0.5, 0.6) is 0 Å². The molecule has 0 saturated heterocycles. The van der Waals surface area contributed by atoms with Crippen molar-refractivity contribution in [2.24, 2.45) is 0 Å². The Balaban J connectivity index is 2.36. The number of aliphatic hydroxyl groups is 1. The van der Waals surface area contributed by atoms with Crippen molar-refractivity contribution >= 4 is 23.1 Å². The van der Waals surface area contributed by atoms with Crippen LogP contribution in [-0.4, -0.2) is 24.0 Å². The summed E-state index contributed by atoms with van der Waals surface area (Å²) in [6, 6.07) is 14.1. The molecule has 0 unspecified atom stereocenters. The van der Waals surface area contributed by atoms with E-state index in [9.17, 15) is 4.79 Å². The van der Waals surface area contributed by atoms with Crippen LogP contribution in [-0.2, 0) is 0 Å². The van der Waals surface area contributed by atoms with Gasteiger partial charge in [-0.05, 0) is 24.3 Å². The van der Waals surface area contributed by atoms with Crippen molar-refractivity contribution in [3.63, 3.8) is 0 Å². The highest BCUT2D eigenvalue weighted by Crippen LogP contribution is 2.23. The second kappa shape index (κ2) is 6.36. The largest absolute Gasteiger partial charge is 0.395 e. The van der Waals surface area contributed by atoms with Gasteiger partial charge >= 0.3 is 0 Å². The second-order valence-corrected chi connectivity index (χ2v) is 4.41.